The van der Waals surface area contributed by atoms with Crippen molar-refractivity contribution in [2.75, 3.05) is 15.1 Å². The lowest BCUT2D eigenvalue weighted by Crippen LogP contribution is -2.64. The summed E-state index contributed by atoms with van der Waals surface area (Å²) >= 11 is 0. The average Bonchev–Trinajstić information content (AvgIpc) is 3.40. The van der Waals surface area contributed by atoms with Gasteiger partial charge in [0.2, 0.25) is 6.71 Å². The Morgan fingerprint density at radius 3 is 2.10 bits per heavy atom. The molecule has 0 aromatic heterocycles. The summed E-state index contributed by atoms with van der Waals surface area (Å²) in [5.74, 6) is 1.85. The molecular weight excluding hydrogens is 823 g/mol. The van der Waals surface area contributed by atoms with Gasteiger partial charge in [-0.25, -0.2) is 0 Å². The minimum absolute atomic E-state index is 0.00308. The van der Waals surface area contributed by atoms with Crippen LogP contribution in [0.25, 0.3) is 27.8 Å². The summed E-state index contributed by atoms with van der Waals surface area (Å²) in [6, 6.07) is 66.2. The van der Waals surface area contributed by atoms with Crippen molar-refractivity contribution in [3.63, 3.8) is 0 Å². The smallest absolute Gasteiger partial charge is 0.256 e. The molecule has 0 bridgehead atoms. The third kappa shape index (κ3) is 4.98. The molecule has 0 saturated carbocycles. The first-order valence-electron chi connectivity index (χ1n) is 24.2. The van der Waals surface area contributed by atoms with E-state index in [1.165, 1.54) is 117 Å². The average molecular weight is 863 g/mol. The number of para-hydroxylation sites is 4. The summed E-state index contributed by atoms with van der Waals surface area (Å²) in [6.07, 6.45) is 9.77. The van der Waals surface area contributed by atoms with Crippen LogP contribution in [0.5, 0.6) is 11.5 Å². The second-order valence-electron chi connectivity index (χ2n) is 19.5. The van der Waals surface area contributed by atoms with E-state index in [0.29, 0.717) is 0 Å². The van der Waals surface area contributed by atoms with Crippen LogP contribution in [0, 0.1) is 0 Å². The van der Waals surface area contributed by atoms with Gasteiger partial charge in [0.15, 0.2) is 7.28 Å². The fourth-order valence-electron chi connectivity index (χ4n) is 13.1. The Balaban J connectivity index is 1.00. The van der Waals surface area contributed by atoms with Crippen LogP contribution in [0.4, 0.5) is 45.5 Å². The predicted molar refractivity (Wildman–Crippen MR) is 288 cm³/mol. The van der Waals surface area contributed by atoms with Gasteiger partial charge < -0.3 is 19.9 Å². The topological polar surface area (TPSA) is 27.7 Å². The van der Waals surface area contributed by atoms with Crippen LogP contribution in [0.15, 0.2) is 194 Å². The zero-order valence-corrected chi connectivity index (χ0v) is 37.3. The molecule has 7 aliphatic rings. The van der Waals surface area contributed by atoms with Gasteiger partial charge in [-0.2, -0.15) is 0 Å². The van der Waals surface area contributed by atoms with Crippen LogP contribution in [-0.2, 0) is 6.42 Å². The largest absolute Gasteiger partial charge is 0.458 e. The van der Waals surface area contributed by atoms with E-state index in [2.05, 4.69) is 209 Å². The number of nitrogens with one attached hydrogen (secondary N) is 1. The van der Waals surface area contributed by atoms with Gasteiger partial charge in [-0.1, -0.05) is 163 Å². The van der Waals surface area contributed by atoms with Crippen LogP contribution >= 0.6 is 0 Å². The Hall–Kier alpha value is -8.15. The van der Waals surface area contributed by atoms with Gasteiger partial charge in [0.1, 0.15) is 11.5 Å². The highest BCUT2D eigenvalue weighted by Crippen LogP contribution is 2.55. The van der Waals surface area contributed by atoms with Crippen molar-refractivity contribution in [3.8, 4) is 33.8 Å². The lowest BCUT2D eigenvalue weighted by Gasteiger charge is -2.46. The number of allylic oxidation sites excluding steroid dienone is 4. The molecule has 0 radical (unpaired) electrons. The molecule has 314 valence electrons. The minimum atomic E-state index is 0.00308. The molecule has 1 aliphatic carbocycles. The number of hydrogen-bond acceptors (Lipinski definition) is 4. The first kappa shape index (κ1) is 37.0. The number of nitrogens with zero attached hydrogens (tertiary/aromatic N) is 2. The van der Waals surface area contributed by atoms with Crippen molar-refractivity contribution in [1.82, 2.24) is 0 Å². The molecule has 68 heavy (non-hydrogen) atoms. The number of ether oxygens (including phenoxy) is 1. The van der Waals surface area contributed by atoms with Crippen molar-refractivity contribution in [2.45, 2.75) is 19.3 Å². The van der Waals surface area contributed by atoms with Crippen LogP contribution in [0.2, 0.25) is 0 Å². The molecule has 0 amide bonds. The molecule has 9 aromatic rings. The lowest BCUT2D eigenvalue weighted by atomic mass is 9.31. The normalized spacial score (nSPS) is 15.1. The van der Waals surface area contributed by atoms with E-state index in [4.69, 9.17) is 4.74 Å². The third-order valence-electron chi connectivity index (χ3n) is 16.0. The maximum atomic E-state index is 7.21. The Morgan fingerprint density at radius 1 is 0.515 bits per heavy atom. The monoisotopic (exact) mass is 863 g/mol. The highest BCUT2D eigenvalue weighted by molar-refractivity contribution is 7.00. The SMILES string of the molecule is B1c2ccccc2N2c3cc(-c4ccccc4)ccc3B3c4ccccc4Cc4cc(-c5cc6c7c8c5Nc5ccccc5N8c5cc(C8=CC=CCC8)ccc5B7c5ccccc5O6)c1c2c43. The van der Waals surface area contributed by atoms with Crippen LogP contribution < -0.4 is 63.6 Å². The number of rotatable bonds is 3. The Kier molecular flexibility index (Phi) is 7.46. The van der Waals surface area contributed by atoms with E-state index in [9.17, 15) is 0 Å². The molecule has 7 heteroatoms. The molecule has 0 saturated heterocycles. The van der Waals surface area contributed by atoms with Gasteiger partial charge in [-0.3, -0.25) is 0 Å². The van der Waals surface area contributed by atoms with Gasteiger partial charge in [-0.05, 0) is 133 Å². The molecule has 0 spiro atoms. The van der Waals surface area contributed by atoms with Gasteiger partial charge in [-0.15, -0.1) is 0 Å². The van der Waals surface area contributed by atoms with Gasteiger partial charge in [0.05, 0.1) is 22.7 Å². The maximum absolute atomic E-state index is 7.21. The molecule has 6 aliphatic heterocycles. The Bertz CT molecular complexity index is 3800. The van der Waals surface area contributed by atoms with Crippen molar-refractivity contribution in [3.05, 3.63) is 211 Å². The standard InChI is InChI=1S/C61H40B3N3O/c1-3-15-36(16-4-1)38-27-29-46-52(33-38)66-50-24-12-8-20-44(50)62-56-42(32-41-31-40-19-7-9-21-45(40)63(46)57(41)60(56)66)43-35-55-58-61-59(43)65-49-23-11-13-25-51(49)67(61)53-34-39(37-17-5-2-6-18-37)28-30-47(53)64(58)48-22-10-14-26-54(48)68-55/h1-5,7-17,19-30,32-35,62,65H,6,18,31H2. The minimum Gasteiger partial charge on any atom is -0.458 e. The molecule has 1 N–H and O–H groups in total. The van der Waals surface area contributed by atoms with E-state index in [1.54, 1.807) is 0 Å². The van der Waals surface area contributed by atoms with E-state index < -0.39 is 0 Å². The van der Waals surface area contributed by atoms with Crippen LogP contribution in [-0.4, -0.2) is 20.7 Å². The fraction of sp³-hybridized carbons (Fsp3) is 0.0492. The lowest BCUT2D eigenvalue weighted by molar-refractivity contribution is 0.488. The maximum Gasteiger partial charge on any atom is 0.256 e. The van der Waals surface area contributed by atoms with Gasteiger partial charge in [0, 0.05) is 28.3 Å². The number of hydrogen-bond donors (Lipinski definition) is 1. The highest BCUT2D eigenvalue weighted by Gasteiger charge is 2.48. The van der Waals surface area contributed by atoms with Crippen molar-refractivity contribution in [2.24, 2.45) is 0 Å². The quantitative estimate of drug-likeness (QED) is 0.180. The van der Waals surface area contributed by atoms with Crippen LogP contribution in [0.3, 0.4) is 0 Å². The highest BCUT2D eigenvalue weighted by atomic mass is 16.5. The van der Waals surface area contributed by atoms with E-state index >= 15 is 0 Å². The summed E-state index contributed by atoms with van der Waals surface area (Å²) in [6.45, 7) is 0.118. The molecule has 0 fully saturated rings. The number of benzene rings is 9. The number of anilines is 8. The fourth-order valence-corrected chi connectivity index (χ4v) is 13.1. The molecule has 0 unspecified atom stereocenters. The van der Waals surface area contributed by atoms with Gasteiger partial charge in [0.25, 0.3) is 6.71 Å². The zero-order chi connectivity index (χ0) is 44.2. The van der Waals surface area contributed by atoms with Crippen molar-refractivity contribution >= 4 is 115 Å². The summed E-state index contributed by atoms with van der Waals surface area (Å²) in [5.41, 5.74) is 30.7. The van der Waals surface area contributed by atoms with Crippen molar-refractivity contribution in [1.29, 1.82) is 0 Å². The van der Waals surface area contributed by atoms with E-state index in [-0.39, 0.29) is 13.4 Å². The molecule has 9 aromatic carbocycles. The molecule has 6 heterocycles. The number of fused-ring (bicyclic) bond motifs is 14. The third-order valence-corrected chi connectivity index (χ3v) is 16.0. The van der Waals surface area contributed by atoms with Gasteiger partial charge >= 0.3 is 0 Å². The summed E-state index contributed by atoms with van der Waals surface area (Å²) < 4.78 is 7.21. The summed E-state index contributed by atoms with van der Waals surface area (Å²) in [7, 11) is 0.820. The second-order valence-corrected chi connectivity index (χ2v) is 19.5. The predicted octanol–water partition coefficient (Wildman–Crippen LogP) is 9.12. The van der Waals surface area contributed by atoms with E-state index in [0.717, 1.165) is 55.1 Å². The summed E-state index contributed by atoms with van der Waals surface area (Å²) in [5, 5.41) is 4.14. The van der Waals surface area contributed by atoms with Crippen molar-refractivity contribution < 1.29 is 4.74 Å². The first-order valence-corrected chi connectivity index (χ1v) is 24.2. The zero-order valence-electron chi connectivity index (χ0n) is 37.3. The molecular formula is C61H40B3N3O. The van der Waals surface area contributed by atoms with E-state index in [1.807, 2.05) is 0 Å². The Morgan fingerprint density at radius 2 is 1.24 bits per heavy atom. The van der Waals surface area contributed by atoms with Crippen LogP contribution in [0.1, 0.15) is 29.5 Å². The second kappa shape index (κ2) is 13.7. The summed E-state index contributed by atoms with van der Waals surface area (Å²) in [4.78, 5) is 5.21. The molecule has 16 rings (SSSR count). The molecule has 4 nitrogen and oxygen atoms in total. The first-order chi connectivity index (χ1) is 33.7. The molecule has 0 atom stereocenters. The Labute approximate surface area is 397 Å².